The van der Waals surface area contributed by atoms with Crippen molar-refractivity contribution in [1.82, 2.24) is 0 Å². The molecule has 0 aromatic heterocycles. The van der Waals surface area contributed by atoms with E-state index in [0.29, 0.717) is 0 Å². The molecule has 84 valence electrons. The summed E-state index contributed by atoms with van der Waals surface area (Å²) < 4.78 is 0. The molecule has 0 aromatic carbocycles. The highest BCUT2D eigenvalue weighted by Crippen LogP contribution is 2.42. The van der Waals surface area contributed by atoms with Gasteiger partial charge in [0.25, 0.3) is 0 Å². The van der Waals surface area contributed by atoms with Crippen LogP contribution in [-0.2, 0) is 0 Å². The monoisotopic (exact) mass is 204 g/mol. The highest BCUT2D eigenvalue weighted by atomic mass is 14.3. The molecule has 0 heterocycles. The van der Waals surface area contributed by atoms with Crippen molar-refractivity contribution < 1.29 is 0 Å². The van der Waals surface area contributed by atoms with Crippen LogP contribution in [0.15, 0.2) is 22.8 Å². The maximum absolute atomic E-state index is 2.54. The van der Waals surface area contributed by atoms with Crippen LogP contribution in [0.2, 0.25) is 0 Å². The fourth-order valence-electron chi connectivity index (χ4n) is 3.04. The van der Waals surface area contributed by atoms with E-state index >= 15 is 0 Å². The second kappa shape index (κ2) is 4.15. The molecule has 0 heteroatoms. The van der Waals surface area contributed by atoms with Crippen LogP contribution in [0.25, 0.3) is 0 Å². The molecule has 0 amide bonds. The predicted molar refractivity (Wildman–Crippen MR) is 66.7 cm³/mol. The van der Waals surface area contributed by atoms with Crippen LogP contribution in [0.3, 0.4) is 0 Å². The van der Waals surface area contributed by atoms with Gasteiger partial charge in [0, 0.05) is 0 Å². The zero-order chi connectivity index (χ0) is 11.0. The standard InChI is InChI=1S/C15H24/c1-10(2)13-7-5-11(3)14-8-6-12(4)15(14)9-13/h9-12H,5-8H2,1-4H3/t11-,12-/m1/s1. The summed E-state index contributed by atoms with van der Waals surface area (Å²) in [5, 5.41) is 0. The molecule has 0 saturated carbocycles. The molecule has 0 bridgehead atoms. The fraction of sp³-hybridized carbons (Fsp3) is 0.733. The van der Waals surface area contributed by atoms with Crippen molar-refractivity contribution in [2.75, 3.05) is 0 Å². The summed E-state index contributed by atoms with van der Waals surface area (Å²) in [4.78, 5) is 0. The fourth-order valence-corrected chi connectivity index (χ4v) is 3.04. The Morgan fingerprint density at radius 1 is 1.07 bits per heavy atom. The van der Waals surface area contributed by atoms with E-state index in [0.717, 1.165) is 17.8 Å². The van der Waals surface area contributed by atoms with Crippen LogP contribution >= 0.6 is 0 Å². The molecule has 0 nitrogen and oxygen atoms in total. The molecule has 15 heavy (non-hydrogen) atoms. The Hall–Kier alpha value is -0.520. The largest absolute Gasteiger partial charge is 0.0674 e. The van der Waals surface area contributed by atoms with Gasteiger partial charge in [0.05, 0.1) is 0 Å². The summed E-state index contributed by atoms with van der Waals surface area (Å²) in [5.41, 5.74) is 5.16. The highest BCUT2D eigenvalue weighted by Gasteiger charge is 2.26. The predicted octanol–water partition coefficient (Wildman–Crippen LogP) is 4.73. The topological polar surface area (TPSA) is 0 Å². The van der Waals surface area contributed by atoms with Crippen molar-refractivity contribution in [2.45, 2.75) is 53.4 Å². The molecular weight excluding hydrogens is 180 g/mol. The Morgan fingerprint density at radius 3 is 2.40 bits per heavy atom. The summed E-state index contributed by atoms with van der Waals surface area (Å²) in [6.07, 6.45) is 7.98. The van der Waals surface area contributed by atoms with Crippen molar-refractivity contribution >= 4 is 0 Å². The Bertz CT molecular complexity index is 304. The second-order valence-corrected chi connectivity index (χ2v) is 5.73. The SMILES string of the molecule is CC(C)C1=CC2=C(CC[C@H]2C)[C@H](C)CC1. The zero-order valence-electron chi connectivity index (χ0n) is 10.6. The zero-order valence-corrected chi connectivity index (χ0v) is 10.6. The van der Waals surface area contributed by atoms with Gasteiger partial charge < -0.3 is 0 Å². The van der Waals surface area contributed by atoms with Crippen LogP contribution in [0.4, 0.5) is 0 Å². The first-order valence-electron chi connectivity index (χ1n) is 6.53. The summed E-state index contributed by atoms with van der Waals surface area (Å²) in [5.74, 6) is 2.38. The number of rotatable bonds is 1. The Morgan fingerprint density at radius 2 is 1.73 bits per heavy atom. The lowest BCUT2D eigenvalue weighted by Crippen LogP contribution is -1.99. The van der Waals surface area contributed by atoms with E-state index in [2.05, 4.69) is 33.8 Å². The second-order valence-electron chi connectivity index (χ2n) is 5.73. The maximum Gasteiger partial charge on any atom is -0.0188 e. The van der Waals surface area contributed by atoms with Gasteiger partial charge in [0.15, 0.2) is 0 Å². The molecule has 0 fully saturated rings. The van der Waals surface area contributed by atoms with Gasteiger partial charge in [0.2, 0.25) is 0 Å². The third-order valence-electron chi connectivity index (χ3n) is 4.29. The molecule has 2 aliphatic rings. The van der Waals surface area contributed by atoms with Gasteiger partial charge in [-0.1, -0.05) is 44.9 Å². The van der Waals surface area contributed by atoms with Crippen LogP contribution in [0.1, 0.15) is 53.4 Å². The Kier molecular flexibility index (Phi) is 3.04. The van der Waals surface area contributed by atoms with E-state index in [4.69, 9.17) is 0 Å². The molecule has 0 aliphatic heterocycles. The molecule has 0 unspecified atom stereocenters. The number of allylic oxidation sites excluding steroid dienone is 4. The normalized spacial score (nSPS) is 31.7. The van der Waals surface area contributed by atoms with Crippen molar-refractivity contribution in [2.24, 2.45) is 17.8 Å². The quantitative estimate of drug-likeness (QED) is 0.579. The van der Waals surface area contributed by atoms with Gasteiger partial charge in [-0.15, -0.1) is 0 Å². The minimum atomic E-state index is 0.733. The van der Waals surface area contributed by atoms with Gasteiger partial charge in [-0.3, -0.25) is 0 Å². The maximum atomic E-state index is 2.54. The molecule has 0 radical (unpaired) electrons. The van der Waals surface area contributed by atoms with Gasteiger partial charge in [-0.2, -0.15) is 0 Å². The molecule has 2 atom stereocenters. The average molecular weight is 204 g/mol. The lowest BCUT2D eigenvalue weighted by Gasteiger charge is -2.13. The van der Waals surface area contributed by atoms with E-state index < -0.39 is 0 Å². The van der Waals surface area contributed by atoms with Gasteiger partial charge in [-0.25, -0.2) is 0 Å². The third-order valence-corrected chi connectivity index (χ3v) is 4.29. The lowest BCUT2D eigenvalue weighted by molar-refractivity contribution is 0.568. The van der Waals surface area contributed by atoms with E-state index in [9.17, 15) is 0 Å². The van der Waals surface area contributed by atoms with Gasteiger partial charge in [-0.05, 0) is 49.0 Å². The Balaban J connectivity index is 2.34. The smallest absolute Gasteiger partial charge is 0.0188 e. The van der Waals surface area contributed by atoms with Crippen molar-refractivity contribution in [3.05, 3.63) is 22.8 Å². The first kappa shape index (κ1) is 11.0. The molecule has 2 rings (SSSR count). The summed E-state index contributed by atoms with van der Waals surface area (Å²) in [7, 11) is 0. The summed E-state index contributed by atoms with van der Waals surface area (Å²) in [6.45, 7) is 9.49. The Labute approximate surface area is 94.5 Å². The average Bonchev–Trinajstić information content (AvgIpc) is 2.43. The van der Waals surface area contributed by atoms with Crippen LogP contribution in [0, 0.1) is 17.8 Å². The van der Waals surface area contributed by atoms with Crippen LogP contribution in [0.5, 0.6) is 0 Å². The van der Waals surface area contributed by atoms with Gasteiger partial charge >= 0.3 is 0 Å². The minimum Gasteiger partial charge on any atom is -0.0674 e. The molecule has 0 aromatic rings. The summed E-state index contributed by atoms with van der Waals surface area (Å²) >= 11 is 0. The van der Waals surface area contributed by atoms with Crippen molar-refractivity contribution in [3.8, 4) is 0 Å². The van der Waals surface area contributed by atoms with Crippen LogP contribution < -0.4 is 0 Å². The molecule has 0 spiro atoms. The van der Waals surface area contributed by atoms with E-state index in [1.807, 2.05) is 0 Å². The van der Waals surface area contributed by atoms with E-state index in [1.54, 1.807) is 16.7 Å². The minimum absolute atomic E-state index is 0.733. The lowest BCUT2D eigenvalue weighted by atomic mass is 9.92. The molecule has 0 saturated heterocycles. The first-order chi connectivity index (χ1) is 7.09. The molecular formula is C15H24. The third kappa shape index (κ3) is 2.04. The van der Waals surface area contributed by atoms with E-state index in [-0.39, 0.29) is 0 Å². The first-order valence-corrected chi connectivity index (χ1v) is 6.53. The van der Waals surface area contributed by atoms with Crippen molar-refractivity contribution in [3.63, 3.8) is 0 Å². The van der Waals surface area contributed by atoms with E-state index in [1.165, 1.54) is 25.7 Å². The molecule has 0 N–H and O–H groups in total. The summed E-state index contributed by atoms with van der Waals surface area (Å²) in [6, 6.07) is 0. The highest BCUT2D eigenvalue weighted by molar-refractivity contribution is 5.37. The van der Waals surface area contributed by atoms with Crippen LogP contribution in [-0.4, -0.2) is 0 Å². The van der Waals surface area contributed by atoms with Crippen molar-refractivity contribution in [1.29, 1.82) is 0 Å². The molecule has 2 aliphatic carbocycles. The van der Waals surface area contributed by atoms with Gasteiger partial charge in [0.1, 0.15) is 0 Å². The number of hydrogen-bond acceptors (Lipinski definition) is 0. The number of hydrogen-bond donors (Lipinski definition) is 0.